The van der Waals surface area contributed by atoms with Crippen LogP contribution in [0.4, 0.5) is 5.69 Å². The summed E-state index contributed by atoms with van der Waals surface area (Å²) in [4.78, 5) is 38.3. The van der Waals surface area contributed by atoms with Crippen LogP contribution in [0.25, 0.3) is 0 Å². The number of nitrogens with one attached hydrogen (secondary N) is 1. The van der Waals surface area contributed by atoms with Gasteiger partial charge in [0.15, 0.2) is 6.10 Å². The smallest absolute Gasteiger partial charge is 0.312 e. The van der Waals surface area contributed by atoms with E-state index < -0.39 is 18.0 Å². The maximum absolute atomic E-state index is 12.4. The molecule has 2 aliphatic rings. The van der Waals surface area contributed by atoms with Gasteiger partial charge in [0.2, 0.25) is 5.91 Å². The lowest BCUT2D eigenvalue weighted by Crippen LogP contribution is -2.38. The van der Waals surface area contributed by atoms with Crippen LogP contribution in [-0.4, -0.2) is 50.7 Å². The zero-order valence-corrected chi connectivity index (χ0v) is 15.7. The van der Waals surface area contributed by atoms with Gasteiger partial charge in [-0.05, 0) is 31.9 Å². The summed E-state index contributed by atoms with van der Waals surface area (Å²) in [5.41, 5.74) is 0.568. The molecule has 1 saturated carbocycles. The number of hydrogen-bond donors (Lipinski definition) is 1. The zero-order valence-electron chi connectivity index (χ0n) is 15.7. The van der Waals surface area contributed by atoms with Gasteiger partial charge in [-0.2, -0.15) is 0 Å². The van der Waals surface area contributed by atoms with Crippen LogP contribution in [-0.2, 0) is 19.1 Å². The van der Waals surface area contributed by atoms with Crippen LogP contribution in [0, 0.1) is 5.92 Å². The van der Waals surface area contributed by atoms with Crippen molar-refractivity contribution < 1.29 is 28.6 Å². The second-order valence-electron chi connectivity index (χ2n) is 6.81. The predicted molar refractivity (Wildman–Crippen MR) is 96.7 cm³/mol. The zero-order chi connectivity index (χ0) is 19.6. The number of hydrogen-bond acceptors (Lipinski definition) is 6. The molecule has 8 heteroatoms. The summed E-state index contributed by atoms with van der Waals surface area (Å²) in [5.74, 6) is -0.584. The molecule has 0 spiro atoms. The maximum atomic E-state index is 12.4. The van der Waals surface area contributed by atoms with Gasteiger partial charge in [-0.15, -0.1) is 0 Å². The summed E-state index contributed by atoms with van der Waals surface area (Å²) >= 11 is 0. The van der Waals surface area contributed by atoms with Crippen LogP contribution in [0.3, 0.4) is 0 Å². The molecular formula is C19H24N2O6. The van der Waals surface area contributed by atoms with Crippen molar-refractivity contribution in [2.24, 2.45) is 5.92 Å². The van der Waals surface area contributed by atoms with Crippen molar-refractivity contribution >= 4 is 23.5 Å². The van der Waals surface area contributed by atoms with Crippen LogP contribution in [0.5, 0.6) is 11.5 Å². The highest BCUT2D eigenvalue weighted by Gasteiger charge is 2.38. The number of esters is 1. The standard InChI is InChI=1S/C19H24N2O6/c1-11(18(23)20-13-4-5-13)27-19(24)12-8-17(22)21(10-12)15-7-6-14(25-2)9-16(15)26-3/h6-7,9,11-13H,4-5,8,10H2,1-3H3,(H,20,23)/t11-,12-/m1/s1. The summed E-state index contributed by atoms with van der Waals surface area (Å²) in [5, 5.41) is 2.80. The summed E-state index contributed by atoms with van der Waals surface area (Å²) < 4.78 is 15.8. The van der Waals surface area contributed by atoms with Gasteiger partial charge >= 0.3 is 5.97 Å². The lowest BCUT2D eigenvalue weighted by molar-refractivity contribution is -0.158. The second-order valence-corrected chi connectivity index (χ2v) is 6.81. The van der Waals surface area contributed by atoms with Gasteiger partial charge in [-0.3, -0.25) is 14.4 Å². The van der Waals surface area contributed by atoms with Crippen molar-refractivity contribution in [3.05, 3.63) is 18.2 Å². The molecule has 0 unspecified atom stereocenters. The molecule has 0 radical (unpaired) electrons. The van der Waals surface area contributed by atoms with Crippen LogP contribution < -0.4 is 19.7 Å². The van der Waals surface area contributed by atoms with Crippen LogP contribution in [0.1, 0.15) is 26.2 Å². The Kier molecular flexibility index (Phi) is 5.53. The molecule has 1 aliphatic heterocycles. The Morgan fingerprint density at radius 2 is 1.96 bits per heavy atom. The fourth-order valence-corrected chi connectivity index (χ4v) is 2.98. The maximum Gasteiger partial charge on any atom is 0.312 e. The van der Waals surface area contributed by atoms with E-state index in [1.807, 2.05) is 0 Å². The molecule has 1 saturated heterocycles. The van der Waals surface area contributed by atoms with Crippen molar-refractivity contribution in [2.45, 2.75) is 38.3 Å². The fraction of sp³-hybridized carbons (Fsp3) is 0.526. The summed E-state index contributed by atoms with van der Waals surface area (Å²) in [6.45, 7) is 1.72. The molecule has 0 aromatic heterocycles. The van der Waals surface area contributed by atoms with Crippen molar-refractivity contribution in [3.8, 4) is 11.5 Å². The van der Waals surface area contributed by atoms with Crippen molar-refractivity contribution in [2.75, 3.05) is 25.7 Å². The number of carbonyl (C=O) groups excluding carboxylic acids is 3. The number of anilines is 1. The molecule has 1 aliphatic carbocycles. The van der Waals surface area contributed by atoms with E-state index in [9.17, 15) is 14.4 Å². The van der Waals surface area contributed by atoms with Gasteiger partial charge < -0.3 is 24.4 Å². The molecule has 27 heavy (non-hydrogen) atoms. The van der Waals surface area contributed by atoms with Gasteiger partial charge in [0, 0.05) is 25.1 Å². The third-order valence-corrected chi connectivity index (χ3v) is 4.72. The van der Waals surface area contributed by atoms with E-state index in [4.69, 9.17) is 14.2 Å². The molecule has 8 nitrogen and oxygen atoms in total. The first-order valence-electron chi connectivity index (χ1n) is 8.96. The number of carbonyl (C=O) groups is 3. The van der Waals surface area contributed by atoms with E-state index in [1.165, 1.54) is 18.9 Å². The molecule has 2 atom stereocenters. The Morgan fingerprint density at radius 3 is 2.59 bits per heavy atom. The van der Waals surface area contributed by atoms with Crippen LogP contribution in [0.15, 0.2) is 18.2 Å². The SMILES string of the molecule is COc1ccc(N2C[C@H](C(=O)O[C@H](C)C(=O)NC3CC3)CC2=O)c(OC)c1. The Bertz CT molecular complexity index is 746. The largest absolute Gasteiger partial charge is 0.497 e. The minimum atomic E-state index is -0.877. The molecule has 2 amide bonds. The Morgan fingerprint density at radius 1 is 1.22 bits per heavy atom. The first-order valence-corrected chi connectivity index (χ1v) is 8.96. The number of amides is 2. The average molecular weight is 376 g/mol. The number of methoxy groups -OCH3 is 2. The van der Waals surface area contributed by atoms with E-state index >= 15 is 0 Å². The number of rotatable bonds is 7. The lowest BCUT2D eigenvalue weighted by atomic mass is 10.1. The topological polar surface area (TPSA) is 94.2 Å². The molecule has 2 fully saturated rings. The first-order chi connectivity index (χ1) is 12.9. The summed E-state index contributed by atoms with van der Waals surface area (Å²) in [6.07, 6.45) is 1.08. The predicted octanol–water partition coefficient (Wildman–Crippen LogP) is 1.27. The van der Waals surface area contributed by atoms with Crippen molar-refractivity contribution in [1.29, 1.82) is 0 Å². The summed E-state index contributed by atoms with van der Waals surface area (Å²) in [7, 11) is 3.05. The highest BCUT2D eigenvalue weighted by molar-refractivity contribution is 6.01. The highest BCUT2D eigenvalue weighted by atomic mass is 16.5. The van der Waals surface area contributed by atoms with E-state index in [-0.39, 0.29) is 30.8 Å². The second kappa shape index (κ2) is 7.85. The third-order valence-electron chi connectivity index (χ3n) is 4.72. The Balaban J connectivity index is 1.64. The number of ether oxygens (including phenoxy) is 3. The highest BCUT2D eigenvalue weighted by Crippen LogP contribution is 2.36. The van der Waals surface area contributed by atoms with E-state index in [1.54, 1.807) is 25.3 Å². The van der Waals surface area contributed by atoms with Crippen LogP contribution >= 0.6 is 0 Å². The van der Waals surface area contributed by atoms with Crippen molar-refractivity contribution in [1.82, 2.24) is 5.32 Å². The van der Waals surface area contributed by atoms with E-state index in [2.05, 4.69) is 5.32 Å². The molecule has 3 rings (SSSR count). The lowest BCUT2D eigenvalue weighted by Gasteiger charge is -2.20. The molecule has 1 aromatic rings. The van der Waals surface area contributed by atoms with Gasteiger partial charge in [0.05, 0.1) is 25.8 Å². The van der Waals surface area contributed by atoms with E-state index in [0.717, 1.165) is 12.8 Å². The number of benzene rings is 1. The Labute approximate surface area is 157 Å². The fourth-order valence-electron chi connectivity index (χ4n) is 2.98. The van der Waals surface area contributed by atoms with Gasteiger partial charge in [0.1, 0.15) is 11.5 Å². The molecule has 0 bridgehead atoms. The average Bonchev–Trinajstić information content (AvgIpc) is 3.39. The monoisotopic (exact) mass is 376 g/mol. The van der Waals surface area contributed by atoms with Gasteiger partial charge in [0.25, 0.3) is 5.91 Å². The van der Waals surface area contributed by atoms with Crippen LogP contribution in [0.2, 0.25) is 0 Å². The van der Waals surface area contributed by atoms with Gasteiger partial charge in [-0.1, -0.05) is 0 Å². The quantitative estimate of drug-likeness (QED) is 0.720. The molecule has 1 N–H and O–H groups in total. The minimum Gasteiger partial charge on any atom is -0.497 e. The molecule has 146 valence electrons. The molecule has 1 heterocycles. The first kappa shape index (κ1) is 19.0. The summed E-state index contributed by atoms with van der Waals surface area (Å²) in [6, 6.07) is 5.32. The third kappa shape index (κ3) is 4.32. The molecular weight excluding hydrogens is 352 g/mol. The van der Waals surface area contributed by atoms with E-state index in [0.29, 0.717) is 17.2 Å². The minimum absolute atomic E-state index is 0.0327. The number of nitrogens with zero attached hydrogens (tertiary/aromatic N) is 1. The normalized spacial score (nSPS) is 20.2. The van der Waals surface area contributed by atoms with Crippen molar-refractivity contribution in [3.63, 3.8) is 0 Å². The van der Waals surface area contributed by atoms with Gasteiger partial charge in [-0.25, -0.2) is 0 Å². The molecule has 1 aromatic carbocycles. The Hall–Kier alpha value is -2.77.